The molecule has 0 atom stereocenters. The van der Waals surface area contributed by atoms with Gasteiger partial charge in [0.15, 0.2) is 0 Å². The fourth-order valence-corrected chi connectivity index (χ4v) is 1.27. The summed E-state index contributed by atoms with van der Waals surface area (Å²) < 4.78 is 5.48. The zero-order valence-electron chi connectivity index (χ0n) is 9.07. The van der Waals surface area contributed by atoms with E-state index in [0.717, 1.165) is 18.6 Å². The number of nitriles is 1. The van der Waals surface area contributed by atoms with Crippen LogP contribution in [0.3, 0.4) is 0 Å². The van der Waals surface area contributed by atoms with Crippen molar-refractivity contribution in [3.8, 4) is 6.07 Å². The highest BCUT2D eigenvalue weighted by Crippen LogP contribution is 2.03. The number of pyridine rings is 1. The van der Waals surface area contributed by atoms with E-state index < -0.39 is 0 Å². The molecule has 80 valence electrons. The van der Waals surface area contributed by atoms with Gasteiger partial charge in [0.25, 0.3) is 0 Å². The number of hydrogen-bond donors (Lipinski definition) is 0. The molecule has 1 heterocycles. The van der Waals surface area contributed by atoms with Crippen molar-refractivity contribution in [3.05, 3.63) is 29.6 Å². The van der Waals surface area contributed by atoms with E-state index in [-0.39, 0.29) is 0 Å². The number of rotatable bonds is 6. The Morgan fingerprint density at radius 2 is 2.33 bits per heavy atom. The maximum absolute atomic E-state index is 8.65. The van der Waals surface area contributed by atoms with Gasteiger partial charge in [-0.25, -0.2) is 4.98 Å². The summed E-state index contributed by atoms with van der Waals surface area (Å²) in [5, 5.41) is 8.65. The van der Waals surface area contributed by atoms with Gasteiger partial charge in [0.2, 0.25) is 0 Å². The van der Waals surface area contributed by atoms with Gasteiger partial charge >= 0.3 is 0 Å². The second-order valence-electron chi connectivity index (χ2n) is 3.42. The second kappa shape index (κ2) is 6.97. The van der Waals surface area contributed by atoms with Gasteiger partial charge in [-0.15, -0.1) is 0 Å². The van der Waals surface area contributed by atoms with Crippen LogP contribution in [-0.2, 0) is 11.3 Å². The fourth-order valence-electron chi connectivity index (χ4n) is 1.27. The van der Waals surface area contributed by atoms with Gasteiger partial charge in [-0.3, -0.25) is 0 Å². The normalized spacial score (nSPS) is 9.87. The molecule has 0 aromatic carbocycles. The standard InChI is InChI=1S/C12H16N2O/c1-2-3-4-7-15-10-11-5-6-14-12(8-11)9-13/h5-6,8H,2-4,7,10H2,1H3. The quantitative estimate of drug-likeness (QED) is 0.669. The van der Waals surface area contributed by atoms with Crippen molar-refractivity contribution in [1.82, 2.24) is 4.98 Å². The molecule has 1 aromatic rings. The number of hydrogen-bond acceptors (Lipinski definition) is 3. The van der Waals surface area contributed by atoms with Crippen molar-refractivity contribution in [2.75, 3.05) is 6.61 Å². The summed E-state index contributed by atoms with van der Waals surface area (Å²) in [6, 6.07) is 5.65. The SMILES string of the molecule is CCCCCOCc1ccnc(C#N)c1. The van der Waals surface area contributed by atoms with E-state index in [4.69, 9.17) is 10.00 Å². The van der Waals surface area contributed by atoms with Gasteiger partial charge in [0.1, 0.15) is 11.8 Å². The zero-order valence-corrected chi connectivity index (χ0v) is 9.07. The first kappa shape index (κ1) is 11.7. The molecule has 0 amide bonds. The number of unbranched alkanes of at least 4 members (excludes halogenated alkanes) is 2. The van der Waals surface area contributed by atoms with Gasteiger partial charge in [-0.1, -0.05) is 19.8 Å². The lowest BCUT2D eigenvalue weighted by Gasteiger charge is -2.03. The molecule has 3 heteroatoms. The van der Waals surface area contributed by atoms with E-state index >= 15 is 0 Å². The summed E-state index contributed by atoms with van der Waals surface area (Å²) in [5.74, 6) is 0. The van der Waals surface area contributed by atoms with Gasteiger partial charge in [-0.2, -0.15) is 5.26 Å². The molecule has 0 aliphatic heterocycles. The summed E-state index contributed by atoms with van der Waals surface area (Å²) in [7, 11) is 0. The Bertz CT molecular complexity index is 331. The molecule has 3 nitrogen and oxygen atoms in total. The van der Waals surface area contributed by atoms with Gasteiger partial charge in [0.05, 0.1) is 6.61 Å². The second-order valence-corrected chi connectivity index (χ2v) is 3.42. The minimum atomic E-state index is 0.449. The van der Waals surface area contributed by atoms with Crippen molar-refractivity contribution < 1.29 is 4.74 Å². The predicted octanol–water partition coefficient (Wildman–Crippen LogP) is 2.66. The molecule has 0 saturated carbocycles. The van der Waals surface area contributed by atoms with Crippen LogP contribution in [0.1, 0.15) is 37.4 Å². The molecule has 15 heavy (non-hydrogen) atoms. The van der Waals surface area contributed by atoms with Gasteiger partial charge in [-0.05, 0) is 24.1 Å². The van der Waals surface area contributed by atoms with E-state index in [1.807, 2.05) is 12.1 Å². The Hall–Kier alpha value is -1.40. The van der Waals surface area contributed by atoms with E-state index in [9.17, 15) is 0 Å². The highest BCUT2D eigenvalue weighted by molar-refractivity contribution is 5.24. The Morgan fingerprint density at radius 1 is 1.47 bits per heavy atom. The van der Waals surface area contributed by atoms with Crippen LogP contribution in [0.2, 0.25) is 0 Å². The first-order valence-corrected chi connectivity index (χ1v) is 5.29. The van der Waals surface area contributed by atoms with Gasteiger partial charge < -0.3 is 4.74 Å². The number of nitrogens with zero attached hydrogens (tertiary/aromatic N) is 2. The summed E-state index contributed by atoms with van der Waals surface area (Å²) in [4.78, 5) is 3.90. The number of aromatic nitrogens is 1. The molecule has 0 saturated heterocycles. The molecule has 0 bridgehead atoms. The van der Waals surface area contributed by atoms with Crippen molar-refractivity contribution in [2.45, 2.75) is 32.8 Å². The summed E-state index contributed by atoms with van der Waals surface area (Å²) >= 11 is 0. The Kier molecular flexibility index (Phi) is 5.42. The molecular weight excluding hydrogens is 188 g/mol. The first-order chi connectivity index (χ1) is 7.36. The fraction of sp³-hybridized carbons (Fsp3) is 0.500. The first-order valence-electron chi connectivity index (χ1n) is 5.29. The Labute approximate surface area is 90.7 Å². The van der Waals surface area contributed by atoms with E-state index in [0.29, 0.717) is 12.3 Å². The van der Waals surface area contributed by atoms with Crippen LogP contribution in [0.5, 0.6) is 0 Å². The third kappa shape index (κ3) is 4.57. The molecule has 0 N–H and O–H groups in total. The molecule has 1 rings (SSSR count). The van der Waals surface area contributed by atoms with Crippen molar-refractivity contribution >= 4 is 0 Å². The maximum Gasteiger partial charge on any atom is 0.140 e. The van der Waals surface area contributed by atoms with Crippen molar-refractivity contribution in [1.29, 1.82) is 5.26 Å². The molecule has 0 fully saturated rings. The molecule has 0 unspecified atom stereocenters. The zero-order chi connectivity index (χ0) is 10.9. The van der Waals surface area contributed by atoms with Crippen molar-refractivity contribution in [2.24, 2.45) is 0 Å². The largest absolute Gasteiger partial charge is 0.377 e. The maximum atomic E-state index is 8.65. The van der Waals surface area contributed by atoms with Crippen LogP contribution >= 0.6 is 0 Å². The lowest BCUT2D eigenvalue weighted by Crippen LogP contribution is -1.96. The Balaban J connectivity index is 2.28. The smallest absolute Gasteiger partial charge is 0.140 e. The summed E-state index contributed by atoms with van der Waals surface area (Å²) in [6.07, 6.45) is 5.16. The predicted molar refractivity (Wildman–Crippen MR) is 58.1 cm³/mol. The number of ether oxygens (including phenoxy) is 1. The highest BCUT2D eigenvalue weighted by atomic mass is 16.5. The van der Waals surface area contributed by atoms with Crippen LogP contribution in [-0.4, -0.2) is 11.6 Å². The van der Waals surface area contributed by atoms with Crippen LogP contribution in [0.4, 0.5) is 0 Å². The molecule has 0 aliphatic carbocycles. The third-order valence-corrected chi connectivity index (χ3v) is 2.10. The van der Waals surface area contributed by atoms with E-state index in [1.165, 1.54) is 12.8 Å². The molecule has 1 aromatic heterocycles. The average Bonchev–Trinajstić information content (AvgIpc) is 2.29. The monoisotopic (exact) mass is 204 g/mol. The third-order valence-electron chi connectivity index (χ3n) is 2.10. The van der Waals surface area contributed by atoms with Crippen LogP contribution in [0.15, 0.2) is 18.3 Å². The topological polar surface area (TPSA) is 45.9 Å². The summed E-state index contributed by atoms with van der Waals surface area (Å²) in [6.45, 7) is 3.53. The van der Waals surface area contributed by atoms with Crippen LogP contribution in [0.25, 0.3) is 0 Å². The lowest BCUT2D eigenvalue weighted by molar-refractivity contribution is 0.117. The van der Waals surface area contributed by atoms with Crippen molar-refractivity contribution in [3.63, 3.8) is 0 Å². The molecular formula is C12H16N2O. The highest BCUT2D eigenvalue weighted by Gasteiger charge is 1.96. The minimum Gasteiger partial charge on any atom is -0.377 e. The van der Waals surface area contributed by atoms with Gasteiger partial charge in [0, 0.05) is 12.8 Å². The minimum absolute atomic E-state index is 0.449. The van der Waals surface area contributed by atoms with Crippen LogP contribution in [0, 0.1) is 11.3 Å². The van der Waals surface area contributed by atoms with Crippen LogP contribution < -0.4 is 0 Å². The Morgan fingerprint density at radius 3 is 3.07 bits per heavy atom. The lowest BCUT2D eigenvalue weighted by atomic mass is 10.2. The molecule has 0 aliphatic rings. The van der Waals surface area contributed by atoms with E-state index in [2.05, 4.69) is 11.9 Å². The molecule has 0 radical (unpaired) electrons. The molecule has 0 spiro atoms. The van der Waals surface area contributed by atoms with E-state index in [1.54, 1.807) is 12.3 Å². The summed E-state index contributed by atoms with van der Waals surface area (Å²) in [5.41, 5.74) is 1.46. The average molecular weight is 204 g/mol.